The quantitative estimate of drug-likeness (QED) is 0.769. The molecule has 24 heavy (non-hydrogen) atoms. The predicted octanol–water partition coefficient (Wildman–Crippen LogP) is 4.67. The van der Waals surface area contributed by atoms with Crippen LogP contribution in [0.4, 0.5) is 11.4 Å². The van der Waals surface area contributed by atoms with Gasteiger partial charge in [0.2, 0.25) is 0 Å². The van der Waals surface area contributed by atoms with Crippen LogP contribution in [0, 0.1) is 6.92 Å². The van der Waals surface area contributed by atoms with Crippen LogP contribution in [0.25, 0.3) is 0 Å². The lowest BCUT2D eigenvalue weighted by Gasteiger charge is -2.23. The molecular weight excluding hydrogens is 314 g/mol. The highest BCUT2D eigenvalue weighted by atomic mass is 32.1. The highest BCUT2D eigenvalue weighted by Crippen LogP contribution is 2.16. The van der Waals surface area contributed by atoms with Crippen molar-refractivity contribution in [1.29, 1.82) is 0 Å². The molecule has 2 aromatic rings. The van der Waals surface area contributed by atoms with Crippen molar-refractivity contribution in [3.8, 4) is 0 Å². The second-order valence-corrected chi connectivity index (χ2v) is 6.38. The van der Waals surface area contributed by atoms with E-state index in [1.54, 1.807) is 0 Å². The van der Waals surface area contributed by atoms with Gasteiger partial charge >= 0.3 is 0 Å². The first kappa shape index (κ1) is 18.3. The molecule has 0 atom stereocenters. The van der Waals surface area contributed by atoms with Crippen molar-refractivity contribution >= 4 is 28.7 Å². The van der Waals surface area contributed by atoms with Gasteiger partial charge in [0.1, 0.15) is 0 Å². The molecule has 0 heterocycles. The Bertz CT molecular complexity index is 663. The summed E-state index contributed by atoms with van der Waals surface area (Å²) in [6.07, 6.45) is 0. The van der Waals surface area contributed by atoms with E-state index in [9.17, 15) is 0 Å². The fourth-order valence-corrected chi connectivity index (χ4v) is 2.87. The number of aryl methyl sites for hydroxylation is 1. The average Bonchev–Trinajstić information content (AvgIpc) is 2.57. The molecule has 0 aromatic heterocycles. The molecule has 4 heteroatoms. The van der Waals surface area contributed by atoms with Crippen LogP contribution in [-0.2, 0) is 6.54 Å². The lowest BCUT2D eigenvalue weighted by molar-refractivity contribution is 0.508. The van der Waals surface area contributed by atoms with Crippen molar-refractivity contribution in [2.45, 2.75) is 27.3 Å². The van der Waals surface area contributed by atoms with Gasteiger partial charge in [-0.2, -0.15) is 0 Å². The van der Waals surface area contributed by atoms with Gasteiger partial charge in [0, 0.05) is 38.1 Å². The van der Waals surface area contributed by atoms with Gasteiger partial charge in [0.05, 0.1) is 0 Å². The summed E-state index contributed by atoms with van der Waals surface area (Å²) >= 11 is 5.51. The van der Waals surface area contributed by atoms with Gasteiger partial charge in [-0.15, -0.1) is 0 Å². The van der Waals surface area contributed by atoms with Crippen LogP contribution >= 0.6 is 12.2 Å². The third kappa shape index (κ3) is 4.96. The molecule has 2 rings (SSSR count). The number of hydrogen-bond donors (Lipinski definition) is 1. The molecule has 128 valence electrons. The molecule has 0 spiro atoms. The molecule has 3 nitrogen and oxygen atoms in total. The monoisotopic (exact) mass is 341 g/mol. The average molecular weight is 342 g/mol. The van der Waals surface area contributed by atoms with Crippen LogP contribution in [0.1, 0.15) is 25.0 Å². The van der Waals surface area contributed by atoms with Gasteiger partial charge in [-0.3, -0.25) is 0 Å². The number of benzene rings is 2. The Kier molecular flexibility index (Phi) is 6.62. The minimum Gasteiger partial charge on any atom is -0.372 e. The lowest BCUT2D eigenvalue weighted by Crippen LogP contribution is -2.30. The molecule has 0 fully saturated rings. The standard InChI is InChI=1S/C20H27N3S/c1-5-23(6-2)19-12-10-17(11-13-19)15-22(4)20(24)21-18-9-7-8-16(3)14-18/h7-14H,5-6,15H2,1-4H3,(H,21,24). The maximum atomic E-state index is 5.51. The van der Waals surface area contributed by atoms with Crippen LogP contribution in [0.5, 0.6) is 0 Å². The second kappa shape index (κ2) is 8.69. The molecule has 1 N–H and O–H groups in total. The van der Waals surface area contributed by atoms with E-state index >= 15 is 0 Å². The largest absolute Gasteiger partial charge is 0.372 e. The van der Waals surface area contributed by atoms with Crippen LogP contribution in [0.15, 0.2) is 48.5 Å². The summed E-state index contributed by atoms with van der Waals surface area (Å²) in [5.74, 6) is 0. The molecule has 0 saturated heterocycles. The first-order valence-corrected chi connectivity index (χ1v) is 8.87. The molecular formula is C20H27N3S. The summed E-state index contributed by atoms with van der Waals surface area (Å²) in [7, 11) is 2.02. The van der Waals surface area contributed by atoms with Crippen molar-refractivity contribution in [2.24, 2.45) is 0 Å². The third-order valence-corrected chi connectivity index (χ3v) is 4.51. The van der Waals surface area contributed by atoms with Gasteiger partial charge < -0.3 is 15.1 Å². The Morgan fingerprint density at radius 2 is 1.71 bits per heavy atom. The van der Waals surface area contributed by atoms with Crippen molar-refractivity contribution in [3.05, 3.63) is 59.7 Å². The number of rotatable bonds is 6. The highest BCUT2D eigenvalue weighted by molar-refractivity contribution is 7.80. The molecule has 0 amide bonds. The number of thiocarbonyl (C=S) groups is 1. The van der Waals surface area contributed by atoms with E-state index < -0.39 is 0 Å². The molecule has 0 bridgehead atoms. The Balaban J connectivity index is 1.96. The smallest absolute Gasteiger partial charge is 0.173 e. The molecule has 0 aliphatic heterocycles. The van der Waals surface area contributed by atoms with Crippen molar-refractivity contribution in [2.75, 3.05) is 30.4 Å². The second-order valence-electron chi connectivity index (χ2n) is 5.99. The SMILES string of the molecule is CCN(CC)c1ccc(CN(C)C(=S)Nc2cccc(C)c2)cc1. The van der Waals surface area contributed by atoms with Crippen LogP contribution in [0.3, 0.4) is 0 Å². The lowest BCUT2D eigenvalue weighted by atomic mass is 10.2. The number of hydrogen-bond acceptors (Lipinski definition) is 2. The van der Waals surface area contributed by atoms with Crippen LogP contribution in [0.2, 0.25) is 0 Å². The zero-order valence-corrected chi connectivity index (χ0v) is 15.9. The van der Waals surface area contributed by atoms with Crippen LogP contribution < -0.4 is 10.2 Å². The summed E-state index contributed by atoms with van der Waals surface area (Å²) < 4.78 is 0. The fourth-order valence-electron chi connectivity index (χ4n) is 2.69. The van der Waals surface area contributed by atoms with Gasteiger partial charge in [0.25, 0.3) is 0 Å². The maximum absolute atomic E-state index is 5.51. The Morgan fingerprint density at radius 3 is 2.29 bits per heavy atom. The predicted molar refractivity (Wildman–Crippen MR) is 109 cm³/mol. The zero-order valence-electron chi connectivity index (χ0n) is 15.0. The first-order valence-electron chi connectivity index (χ1n) is 8.46. The van der Waals surface area contributed by atoms with Crippen molar-refractivity contribution in [1.82, 2.24) is 4.90 Å². The molecule has 0 radical (unpaired) electrons. The Hall–Kier alpha value is -2.07. The third-order valence-electron chi connectivity index (χ3n) is 4.10. The van der Waals surface area contributed by atoms with E-state index in [-0.39, 0.29) is 0 Å². The summed E-state index contributed by atoms with van der Waals surface area (Å²) in [5.41, 5.74) is 4.77. The van der Waals surface area contributed by atoms with Gasteiger partial charge in [0.15, 0.2) is 5.11 Å². The zero-order chi connectivity index (χ0) is 17.5. The molecule has 0 saturated carbocycles. The van der Waals surface area contributed by atoms with Gasteiger partial charge in [-0.05, 0) is 68.4 Å². The topological polar surface area (TPSA) is 18.5 Å². The van der Waals surface area contributed by atoms with E-state index in [1.807, 2.05) is 19.2 Å². The summed E-state index contributed by atoms with van der Waals surface area (Å²) in [4.78, 5) is 4.40. The fraction of sp³-hybridized carbons (Fsp3) is 0.350. The van der Waals surface area contributed by atoms with Crippen molar-refractivity contribution < 1.29 is 0 Å². The normalized spacial score (nSPS) is 10.3. The number of anilines is 2. The van der Waals surface area contributed by atoms with Crippen molar-refractivity contribution in [3.63, 3.8) is 0 Å². The summed E-state index contributed by atoms with van der Waals surface area (Å²) in [6.45, 7) is 9.28. The Labute approximate surface area is 151 Å². The van der Waals surface area contributed by atoms with E-state index in [0.29, 0.717) is 0 Å². The molecule has 0 aliphatic rings. The van der Waals surface area contributed by atoms with E-state index in [2.05, 4.69) is 72.3 Å². The minimum atomic E-state index is 0.730. The van der Waals surface area contributed by atoms with E-state index in [1.165, 1.54) is 16.8 Å². The van der Waals surface area contributed by atoms with Crippen LogP contribution in [-0.4, -0.2) is 30.1 Å². The molecule has 0 aliphatic carbocycles. The van der Waals surface area contributed by atoms with Gasteiger partial charge in [-0.25, -0.2) is 0 Å². The number of nitrogens with zero attached hydrogens (tertiary/aromatic N) is 2. The maximum Gasteiger partial charge on any atom is 0.173 e. The Morgan fingerprint density at radius 1 is 1.04 bits per heavy atom. The first-order chi connectivity index (χ1) is 11.5. The highest BCUT2D eigenvalue weighted by Gasteiger charge is 2.07. The summed E-state index contributed by atoms with van der Waals surface area (Å²) in [5, 5.41) is 4.03. The van der Waals surface area contributed by atoms with E-state index in [0.717, 1.165) is 30.4 Å². The molecule has 0 unspecified atom stereocenters. The molecule has 2 aromatic carbocycles. The summed E-state index contributed by atoms with van der Waals surface area (Å²) in [6, 6.07) is 17.0. The van der Waals surface area contributed by atoms with Gasteiger partial charge in [-0.1, -0.05) is 24.3 Å². The minimum absolute atomic E-state index is 0.730. The number of nitrogens with one attached hydrogen (secondary N) is 1. The van der Waals surface area contributed by atoms with E-state index in [4.69, 9.17) is 12.2 Å².